The lowest BCUT2D eigenvalue weighted by atomic mass is 9.99. The van der Waals surface area contributed by atoms with E-state index in [0.29, 0.717) is 12.0 Å². The van der Waals surface area contributed by atoms with Crippen LogP contribution in [-0.4, -0.2) is 18.7 Å². The van der Waals surface area contributed by atoms with Gasteiger partial charge >= 0.3 is 0 Å². The summed E-state index contributed by atoms with van der Waals surface area (Å²) in [7, 11) is 0. The second-order valence-electron chi connectivity index (χ2n) is 5.18. The average molecular weight is 221 g/mol. The Labute approximate surface area is 98.8 Å². The van der Waals surface area contributed by atoms with Crippen LogP contribution in [0.3, 0.4) is 0 Å². The van der Waals surface area contributed by atoms with Gasteiger partial charge < -0.3 is 10.1 Å². The standard InChI is InChI=1S/C14H23NO/c1-11(2)12(10-15-13-6-7-13)9-14-5-3-4-8-16-14/h4,8-9,11,13-15H,3,5-7,10H2,1-2H3. The van der Waals surface area contributed by atoms with Crippen LogP contribution in [0, 0.1) is 5.92 Å². The molecule has 0 bridgehead atoms. The van der Waals surface area contributed by atoms with Crippen molar-refractivity contribution in [2.75, 3.05) is 6.54 Å². The molecule has 1 unspecified atom stereocenters. The van der Waals surface area contributed by atoms with Gasteiger partial charge in [-0.2, -0.15) is 0 Å². The highest BCUT2D eigenvalue weighted by Crippen LogP contribution is 2.21. The van der Waals surface area contributed by atoms with E-state index in [9.17, 15) is 0 Å². The maximum absolute atomic E-state index is 5.60. The number of allylic oxidation sites excluding steroid dienone is 1. The zero-order valence-electron chi connectivity index (χ0n) is 10.4. The fourth-order valence-electron chi connectivity index (χ4n) is 1.92. The van der Waals surface area contributed by atoms with Crippen molar-refractivity contribution in [3.63, 3.8) is 0 Å². The maximum Gasteiger partial charge on any atom is 0.117 e. The molecule has 1 fully saturated rings. The average Bonchev–Trinajstić information content (AvgIpc) is 3.09. The minimum absolute atomic E-state index is 0.295. The lowest BCUT2D eigenvalue weighted by Crippen LogP contribution is -2.23. The van der Waals surface area contributed by atoms with Gasteiger partial charge in [-0.05, 0) is 43.8 Å². The van der Waals surface area contributed by atoms with Gasteiger partial charge in [0.15, 0.2) is 0 Å². The van der Waals surface area contributed by atoms with E-state index in [1.54, 1.807) is 0 Å². The first-order chi connectivity index (χ1) is 7.75. The van der Waals surface area contributed by atoms with Crippen LogP contribution >= 0.6 is 0 Å². The van der Waals surface area contributed by atoms with Gasteiger partial charge in [0.25, 0.3) is 0 Å². The molecule has 1 heterocycles. The van der Waals surface area contributed by atoms with E-state index < -0.39 is 0 Å². The first-order valence-electron chi connectivity index (χ1n) is 6.50. The van der Waals surface area contributed by atoms with Crippen LogP contribution in [0.5, 0.6) is 0 Å². The van der Waals surface area contributed by atoms with Crippen molar-refractivity contribution in [1.82, 2.24) is 5.32 Å². The summed E-state index contributed by atoms with van der Waals surface area (Å²) in [6, 6.07) is 0.786. The second-order valence-corrected chi connectivity index (χ2v) is 5.18. The van der Waals surface area contributed by atoms with Crippen molar-refractivity contribution in [3.8, 4) is 0 Å². The molecule has 90 valence electrons. The Bertz CT molecular complexity index is 276. The van der Waals surface area contributed by atoms with E-state index in [0.717, 1.165) is 25.4 Å². The van der Waals surface area contributed by atoms with E-state index in [-0.39, 0.29) is 0 Å². The minimum atomic E-state index is 0.295. The Kier molecular flexibility index (Phi) is 4.05. The van der Waals surface area contributed by atoms with Crippen molar-refractivity contribution in [1.29, 1.82) is 0 Å². The summed E-state index contributed by atoms with van der Waals surface area (Å²) in [4.78, 5) is 0. The summed E-state index contributed by atoms with van der Waals surface area (Å²) in [5.41, 5.74) is 1.49. The third kappa shape index (κ3) is 3.67. The SMILES string of the molecule is CC(C)C(=CC1CCC=CO1)CNC1CC1. The molecule has 2 nitrogen and oxygen atoms in total. The van der Waals surface area contributed by atoms with Crippen LogP contribution in [0.25, 0.3) is 0 Å². The molecule has 1 aliphatic heterocycles. The molecule has 2 rings (SSSR count). The highest BCUT2D eigenvalue weighted by atomic mass is 16.5. The summed E-state index contributed by atoms with van der Waals surface area (Å²) in [6.07, 6.45) is 11.5. The van der Waals surface area contributed by atoms with Crippen molar-refractivity contribution < 1.29 is 4.74 Å². The van der Waals surface area contributed by atoms with Crippen LogP contribution in [0.4, 0.5) is 0 Å². The Morgan fingerprint density at radius 2 is 2.25 bits per heavy atom. The van der Waals surface area contributed by atoms with E-state index in [1.807, 2.05) is 6.26 Å². The Hall–Kier alpha value is -0.760. The van der Waals surface area contributed by atoms with Gasteiger partial charge in [0.05, 0.1) is 6.26 Å². The summed E-state index contributed by atoms with van der Waals surface area (Å²) in [5, 5.41) is 3.59. The molecule has 2 aliphatic rings. The van der Waals surface area contributed by atoms with Gasteiger partial charge in [-0.15, -0.1) is 0 Å². The summed E-state index contributed by atoms with van der Waals surface area (Å²) >= 11 is 0. The van der Waals surface area contributed by atoms with Crippen LogP contribution in [0.15, 0.2) is 24.0 Å². The van der Waals surface area contributed by atoms with Gasteiger partial charge in [-0.1, -0.05) is 19.4 Å². The predicted molar refractivity (Wildman–Crippen MR) is 67.2 cm³/mol. The fraction of sp³-hybridized carbons (Fsp3) is 0.714. The zero-order valence-corrected chi connectivity index (χ0v) is 10.4. The molecule has 0 aromatic heterocycles. The van der Waals surface area contributed by atoms with Crippen molar-refractivity contribution in [3.05, 3.63) is 24.0 Å². The number of hydrogen-bond acceptors (Lipinski definition) is 2. The van der Waals surface area contributed by atoms with Gasteiger partial charge in [0, 0.05) is 12.6 Å². The highest BCUT2D eigenvalue weighted by molar-refractivity contribution is 5.12. The maximum atomic E-state index is 5.60. The summed E-state index contributed by atoms with van der Waals surface area (Å²) in [5.74, 6) is 0.612. The van der Waals surface area contributed by atoms with E-state index in [4.69, 9.17) is 4.74 Å². The molecule has 0 aromatic carbocycles. The molecule has 0 spiro atoms. The van der Waals surface area contributed by atoms with Crippen LogP contribution in [0.1, 0.15) is 39.5 Å². The molecule has 1 aliphatic carbocycles. The second kappa shape index (κ2) is 5.53. The lowest BCUT2D eigenvalue weighted by Gasteiger charge is -2.20. The van der Waals surface area contributed by atoms with Gasteiger partial charge in [0.1, 0.15) is 6.10 Å². The topological polar surface area (TPSA) is 21.3 Å². The normalized spacial score (nSPS) is 25.9. The van der Waals surface area contributed by atoms with Crippen LogP contribution < -0.4 is 5.32 Å². The van der Waals surface area contributed by atoms with E-state index in [2.05, 4.69) is 31.3 Å². The van der Waals surface area contributed by atoms with Gasteiger partial charge in [-0.25, -0.2) is 0 Å². The third-order valence-electron chi connectivity index (χ3n) is 3.28. The van der Waals surface area contributed by atoms with Gasteiger partial charge in [-0.3, -0.25) is 0 Å². The number of rotatable bonds is 5. The molecule has 2 heteroatoms. The smallest absolute Gasteiger partial charge is 0.117 e. The monoisotopic (exact) mass is 221 g/mol. The summed E-state index contributed by atoms with van der Waals surface area (Å²) < 4.78 is 5.60. The third-order valence-corrected chi connectivity index (χ3v) is 3.28. The first-order valence-corrected chi connectivity index (χ1v) is 6.50. The molecular formula is C14H23NO. The molecular weight excluding hydrogens is 198 g/mol. The Morgan fingerprint density at radius 1 is 1.44 bits per heavy atom. The Balaban J connectivity index is 1.87. The van der Waals surface area contributed by atoms with Gasteiger partial charge in [0.2, 0.25) is 0 Å². The molecule has 0 amide bonds. The van der Waals surface area contributed by atoms with E-state index in [1.165, 1.54) is 18.4 Å². The fourth-order valence-corrected chi connectivity index (χ4v) is 1.92. The number of nitrogens with one attached hydrogen (secondary N) is 1. The molecule has 0 radical (unpaired) electrons. The lowest BCUT2D eigenvalue weighted by molar-refractivity contribution is 0.164. The van der Waals surface area contributed by atoms with Crippen LogP contribution in [0.2, 0.25) is 0 Å². The largest absolute Gasteiger partial charge is 0.494 e. The molecule has 1 N–H and O–H groups in total. The van der Waals surface area contributed by atoms with Crippen molar-refractivity contribution >= 4 is 0 Å². The van der Waals surface area contributed by atoms with Crippen molar-refractivity contribution in [2.45, 2.75) is 51.7 Å². The van der Waals surface area contributed by atoms with E-state index >= 15 is 0 Å². The molecule has 1 saturated carbocycles. The zero-order chi connectivity index (χ0) is 11.4. The summed E-state index contributed by atoms with van der Waals surface area (Å²) in [6.45, 7) is 5.56. The Morgan fingerprint density at radius 3 is 2.81 bits per heavy atom. The number of ether oxygens (including phenoxy) is 1. The molecule has 0 saturated heterocycles. The molecule has 1 atom stereocenters. The highest BCUT2D eigenvalue weighted by Gasteiger charge is 2.21. The van der Waals surface area contributed by atoms with Crippen LogP contribution in [-0.2, 0) is 4.74 Å². The molecule has 0 aromatic rings. The quantitative estimate of drug-likeness (QED) is 0.721. The number of hydrogen-bond donors (Lipinski definition) is 1. The van der Waals surface area contributed by atoms with Crippen molar-refractivity contribution in [2.24, 2.45) is 5.92 Å². The first kappa shape index (κ1) is 11.7. The minimum Gasteiger partial charge on any atom is -0.494 e. The molecule has 16 heavy (non-hydrogen) atoms. The predicted octanol–water partition coefficient (Wildman–Crippen LogP) is 3.01.